The molecule has 86 valence electrons. The minimum Gasteiger partial charge on any atom is -0.338 e. The van der Waals surface area contributed by atoms with Crippen molar-refractivity contribution in [3.05, 3.63) is 18.0 Å². The number of anilines is 1. The highest BCUT2D eigenvalue weighted by atomic mass is 15.3. The molecule has 16 heavy (non-hydrogen) atoms. The van der Waals surface area contributed by atoms with Gasteiger partial charge in [0.2, 0.25) is 5.95 Å². The van der Waals surface area contributed by atoms with Crippen LogP contribution >= 0.6 is 0 Å². The fourth-order valence-corrected chi connectivity index (χ4v) is 2.31. The molecule has 3 rings (SSSR count). The molecule has 1 aromatic heterocycles. The van der Waals surface area contributed by atoms with E-state index in [0.717, 1.165) is 38.0 Å². The van der Waals surface area contributed by atoms with Crippen LogP contribution in [0.25, 0.3) is 0 Å². The van der Waals surface area contributed by atoms with Gasteiger partial charge in [-0.3, -0.25) is 0 Å². The van der Waals surface area contributed by atoms with Crippen LogP contribution in [0, 0.1) is 0 Å². The van der Waals surface area contributed by atoms with Crippen LogP contribution in [0.15, 0.2) is 12.4 Å². The maximum Gasteiger partial charge on any atom is 0.225 e. The average Bonchev–Trinajstić information content (AvgIpc) is 2.29. The van der Waals surface area contributed by atoms with E-state index in [0.29, 0.717) is 0 Å². The molecule has 1 aromatic rings. The number of nitrogens with one attached hydrogen (secondary N) is 1. The second-order valence-electron chi connectivity index (χ2n) is 4.68. The van der Waals surface area contributed by atoms with Crippen molar-refractivity contribution in [1.29, 1.82) is 0 Å². The summed E-state index contributed by atoms with van der Waals surface area (Å²) in [5, 5.41) is 3.34. The Morgan fingerprint density at radius 2 is 1.81 bits per heavy atom. The number of nitrogens with zero attached hydrogens (tertiary/aromatic N) is 3. The van der Waals surface area contributed by atoms with Crippen molar-refractivity contribution in [2.45, 2.75) is 25.2 Å². The molecule has 1 N–H and O–H groups in total. The molecule has 0 radical (unpaired) electrons. The first kappa shape index (κ1) is 10.0. The van der Waals surface area contributed by atoms with E-state index in [1.165, 1.54) is 24.8 Å². The molecule has 0 atom stereocenters. The summed E-state index contributed by atoms with van der Waals surface area (Å²) in [6.07, 6.45) is 8.04. The zero-order valence-electron chi connectivity index (χ0n) is 9.52. The Kier molecular flexibility index (Phi) is 2.74. The van der Waals surface area contributed by atoms with Crippen molar-refractivity contribution >= 4 is 5.95 Å². The van der Waals surface area contributed by atoms with Crippen molar-refractivity contribution in [2.24, 2.45) is 0 Å². The molecule has 1 saturated carbocycles. The third-order valence-electron chi connectivity index (χ3n) is 3.63. The fourth-order valence-electron chi connectivity index (χ4n) is 2.31. The van der Waals surface area contributed by atoms with Gasteiger partial charge in [-0.1, -0.05) is 6.42 Å². The van der Waals surface area contributed by atoms with Gasteiger partial charge in [-0.05, 0) is 24.3 Å². The predicted octanol–water partition coefficient (Wildman–Crippen LogP) is 1.15. The number of hydrogen-bond acceptors (Lipinski definition) is 4. The molecule has 1 aliphatic heterocycles. The number of rotatable bonds is 2. The quantitative estimate of drug-likeness (QED) is 0.808. The lowest BCUT2D eigenvalue weighted by Crippen LogP contribution is -2.44. The normalized spacial score (nSPS) is 21.9. The first-order valence-electron chi connectivity index (χ1n) is 6.21. The van der Waals surface area contributed by atoms with Gasteiger partial charge in [0.25, 0.3) is 0 Å². The monoisotopic (exact) mass is 218 g/mol. The lowest BCUT2D eigenvalue weighted by atomic mass is 9.81. The summed E-state index contributed by atoms with van der Waals surface area (Å²) in [4.78, 5) is 11.2. The van der Waals surface area contributed by atoms with Crippen LogP contribution in [0.5, 0.6) is 0 Å². The van der Waals surface area contributed by atoms with Gasteiger partial charge in [-0.25, -0.2) is 9.97 Å². The zero-order chi connectivity index (χ0) is 10.8. The van der Waals surface area contributed by atoms with Gasteiger partial charge in [-0.2, -0.15) is 0 Å². The Bertz CT molecular complexity index is 339. The molecule has 2 fully saturated rings. The second-order valence-corrected chi connectivity index (χ2v) is 4.68. The number of aromatic nitrogens is 2. The average molecular weight is 218 g/mol. The highest BCUT2D eigenvalue weighted by Gasteiger charge is 2.20. The first-order chi connectivity index (χ1) is 7.93. The van der Waals surface area contributed by atoms with Gasteiger partial charge in [0.1, 0.15) is 0 Å². The van der Waals surface area contributed by atoms with Crippen molar-refractivity contribution in [2.75, 3.05) is 31.1 Å². The number of piperazine rings is 1. The molecule has 0 bridgehead atoms. The van der Waals surface area contributed by atoms with Crippen LogP contribution < -0.4 is 10.2 Å². The van der Waals surface area contributed by atoms with Gasteiger partial charge >= 0.3 is 0 Å². The zero-order valence-corrected chi connectivity index (χ0v) is 9.52. The third kappa shape index (κ3) is 1.89. The standard InChI is InChI=1S/C12H18N4/c1-2-10(3-1)11-8-14-12(15-9-11)16-6-4-13-5-7-16/h8-10,13H,1-7H2. The summed E-state index contributed by atoms with van der Waals surface area (Å²) in [7, 11) is 0. The topological polar surface area (TPSA) is 41.1 Å². The van der Waals surface area contributed by atoms with Crippen molar-refractivity contribution < 1.29 is 0 Å². The van der Waals surface area contributed by atoms with Crippen molar-refractivity contribution in [3.8, 4) is 0 Å². The lowest BCUT2D eigenvalue weighted by molar-refractivity contribution is 0.417. The van der Waals surface area contributed by atoms with Crippen molar-refractivity contribution in [3.63, 3.8) is 0 Å². The molecule has 1 saturated heterocycles. The van der Waals surface area contributed by atoms with Crippen LogP contribution in [0.2, 0.25) is 0 Å². The Labute approximate surface area is 96.1 Å². The lowest BCUT2D eigenvalue weighted by Gasteiger charge is -2.28. The molecular weight excluding hydrogens is 200 g/mol. The molecule has 4 nitrogen and oxygen atoms in total. The van der Waals surface area contributed by atoms with Gasteiger partial charge in [0.05, 0.1) is 0 Å². The molecule has 0 aromatic carbocycles. The third-order valence-corrected chi connectivity index (χ3v) is 3.63. The fraction of sp³-hybridized carbons (Fsp3) is 0.667. The van der Waals surface area contributed by atoms with Gasteiger partial charge in [0, 0.05) is 38.6 Å². The highest BCUT2D eigenvalue weighted by Crippen LogP contribution is 2.35. The van der Waals surface area contributed by atoms with Crippen LogP contribution in [0.1, 0.15) is 30.7 Å². The summed E-state index contributed by atoms with van der Waals surface area (Å²) >= 11 is 0. The van der Waals surface area contributed by atoms with E-state index in [-0.39, 0.29) is 0 Å². The van der Waals surface area contributed by atoms with E-state index >= 15 is 0 Å². The minimum absolute atomic E-state index is 0.733. The summed E-state index contributed by atoms with van der Waals surface area (Å²) < 4.78 is 0. The largest absolute Gasteiger partial charge is 0.338 e. The minimum atomic E-state index is 0.733. The SMILES string of the molecule is c1nc(N2CCNCC2)ncc1C1CCC1. The van der Waals surface area contributed by atoms with Gasteiger partial charge in [-0.15, -0.1) is 0 Å². The molecular formula is C12H18N4. The van der Waals surface area contributed by atoms with Crippen LogP contribution in [-0.4, -0.2) is 36.1 Å². The van der Waals surface area contributed by atoms with Gasteiger partial charge in [0.15, 0.2) is 0 Å². The first-order valence-corrected chi connectivity index (χ1v) is 6.21. The highest BCUT2D eigenvalue weighted by molar-refractivity contribution is 5.31. The Morgan fingerprint density at radius 1 is 1.12 bits per heavy atom. The van der Waals surface area contributed by atoms with Crippen LogP contribution in [0.3, 0.4) is 0 Å². The van der Waals surface area contributed by atoms with E-state index < -0.39 is 0 Å². The van der Waals surface area contributed by atoms with Crippen molar-refractivity contribution in [1.82, 2.24) is 15.3 Å². The Morgan fingerprint density at radius 3 is 2.38 bits per heavy atom. The second kappa shape index (κ2) is 4.37. The summed E-state index contributed by atoms with van der Waals surface area (Å²) in [5.74, 6) is 1.63. The molecule has 0 spiro atoms. The predicted molar refractivity (Wildman–Crippen MR) is 63.7 cm³/mol. The maximum absolute atomic E-state index is 4.49. The van der Waals surface area contributed by atoms with E-state index in [9.17, 15) is 0 Å². The summed E-state index contributed by atoms with van der Waals surface area (Å²) in [5.41, 5.74) is 1.32. The Hall–Kier alpha value is -1.16. The van der Waals surface area contributed by atoms with E-state index in [2.05, 4.69) is 20.2 Å². The number of hydrogen-bond donors (Lipinski definition) is 1. The molecule has 4 heteroatoms. The maximum atomic E-state index is 4.49. The molecule has 2 heterocycles. The van der Waals surface area contributed by atoms with E-state index in [1.54, 1.807) is 0 Å². The smallest absolute Gasteiger partial charge is 0.225 e. The molecule has 0 amide bonds. The summed E-state index contributed by atoms with van der Waals surface area (Å²) in [6, 6.07) is 0. The van der Waals surface area contributed by atoms with Gasteiger partial charge < -0.3 is 10.2 Å². The molecule has 0 unspecified atom stereocenters. The molecule has 2 aliphatic rings. The van der Waals surface area contributed by atoms with E-state index in [1.807, 2.05) is 12.4 Å². The molecule has 1 aliphatic carbocycles. The van der Waals surface area contributed by atoms with Crippen LogP contribution in [-0.2, 0) is 0 Å². The Balaban J connectivity index is 1.70. The summed E-state index contributed by atoms with van der Waals surface area (Å²) in [6.45, 7) is 4.10. The van der Waals surface area contributed by atoms with Crippen LogP contribution in [0.4, 0.5) is 5.95 Å². The van der Waals surface area contributed by atoms with E-state index in [4.69, 9.17) is 0 Å².